The van der Waals surface area contributed by atoms with Crippen molar-refractivity contribution in [2.24, 2.45) is 0 Å². The van der Waals surface area contributed by atoms with Gasteiger partial charge in [-0.2, -0.15) is 10.1 Å². The van der Waals surface area contributed by atoms with E-state index >= 15 is 0 Å². The third-order valence-corrected chi connectivity index (χ3v) is 4.38. The molecule has 0 amide bonds. The van der Waals surface area contributed by atoms with Crippen molar-refractivity contribution in [3.63, 3.8) is 0 Å². The number of rotatable bonds is 5. The molecule has 0 aliphatic rings. The van der Waals surface area contributed by atoms with Gasteiger partial charge in [0.1, 0.15) is 0 Å². The van der Waals surface area contributed by atoms with Gasteiger partial charge in [0, 0.05) is 21.4 Å². The number of hydrogen-bond acceptors (Lipinski definition) is 6. The third kappa shape index (κ3) is 4.39. The van der Waals surface area contributed by atoms with Gasteiger partial charge >= 0.3 is 0 Å². The van der Waals surface area contributed by atoms with Crippen LogP contribution in [-0.2, 0) is 0 Å². The maximum atomic E-state index is 11.5. The molecule has 6 nitrogen and oxygen atoms in total. The molecule has 0 aliphatic carbocycles. The average Bonchev–Trinajstić information content (AvgIpc) is 2.59. The monoisotopic (exact) mass is 397 g/mol. The molecule has 0 radical (unpaired) electrons. The summed E-state index contributed by atoms with van der Waals surface area (Å²) in [6.07, 6.45) is 1.55. The number of benzene rings is 2. The summed E-state index contributed by atoms with van der Waals surface area (Å²) in [5, 5.41) is 14.2. The van der Waals surface area contributed by atoms with Crippen LogP contribution >= 0.6 is 15.9 Å². The molecule has 25 heavy (non-hydrogen) atoms. The zero-order valence-electron chi connectivity index (χ0n) is 13.7. The number of anilines is 4. The summed E-state index contributed by atoms with van der Waals surface area (Å²) in [5.74, 6) is 0.913. The lowest BCUT2D eigenvalue weighted by Crippen LogP contribution is -2.03. The second kappa shape index (κ2) is 7.40. The first-order valence-corrected chi connectivity index (χ1v) is 8.41. The van der Waals surface area contributed by atoms with Crippen LogP contribution in [0.5, 0.6) is 0 Å². The lowest BCUT2D eigenvalue weighted by Gasteiger charge is -2.09. The van der Waals surface area contributed by atoms with Gasteiger partial charge in [0.05, 0.1) is 6.20 Å². The minimum Gasteiger partial charge on any atom is -0.339 e. The predicted octanol–water partition coefficient (Wildman–Crippen LogP) is 4.63. The Hall–Kier alpha value is -2.80. The first-order chi connectivity index (χ1) is 12.0. The number of nitrogens with one attached hydrogen (secondary N) is 2. The van der Waals surface area contributed by atoms with Crippen molar-refractivity contribution in [3.05, 3.63) is 64.3 Å². The van der Waals surface area contributed by atoms with Crippen molar-refractivity contribution in [1.29, 1.82) is 0 Å². The molecule has 0 saturated carbocycles. The van der Waals surface area contributed by atoms with E-state index in [1.807, 2.05) is 31.2 Å². The second-order valence-corrected chi connectivity index (χ2v) is 6.37. The normalized spacial score (nSPS) is 10.4. The fourth-order valence-electron chi connectivity index (χ4n) is 2.18. The maximum absolute atomic E-state index is 11.5. The highest BCUT2D eigenvalue weighted by atomic mass is 79.9. The van der Waals surface area contributed by atoms with Crippen LogP contribution in [0.25, 0.3) is 0 Å². The number of carbonyl (C=O) groups excluding carboxylic acids is 1. The molecule has 1 aromatic heterocycles. The lowest BCUT2D eigenvalue weighted by molar-refractivity contribution is 0.101. The van der Waals surface area contributed by atoms with Crippen molar-refractivity contribution < 1.29 is 4.79 Å². The average molecular weight is 398 g/mol. The number of aryl methyl sites for hydroxylation is 1. The van der Waals surface area contributed by atoms with E-state index in [4.69, 9.17) is 0 Å². The van der Waals surface area contributed by atoms with Gasteiger partial charge in [-0.05, 0) is 43.7 Å². The van der Waals surface area contributed by atoms with Gasteiger partial charge < -0.3 is 10.6 Å². The van der Waals surface area contributed by atoms with Crippen LogP contribution in [0.1, 0.15) is 22.8 Å². The zero-order valence-corrected chi connectivity index (χ0v) is 15.3. The Kier molecular flexibility index (Phi) is 5.04. The molecule has 0 spiro atoms. The standard InChI is InChI=1S/C18H16BrN5O/c1-11-6-7-15(9-16(11)19)21-17-10-20-24-18(23-17)22-14-5-3-4-13(8-14)12(2)25/h3-10H,1-2H3,(H2,21,22,23,24). The second-order valence-electron chi connectivity index (χ2n) is 5.52. The maximum Gasteiger partial charge on any atom is 0.249 e. The van der Waals surface area contributed by atoms with Crippen LogP contribution in [0.3, 0.4) is 0 Å². The van der Waals surface area contributed by atoms with E-state index in [1.165, 1.54) is 6.92 Å². The molecule has 2 aromatic carbocycles. The van der Waals surface area contributed by atoms with E-state index in [-0.39, 0.29) is 5.78 Å². The van der Waals surface area contributed by atoms with E-state index in [2.05, 4.69) is 41.7 Å². The highest BCUT2D eigenvalue weighted by Crippen LogP contribution is 2.23. The van der Waals surface area contributed by atoms with Crippen molar-refractivity contribution in [2.75, 3.05) is 10.6 Å². The first-order valence-electron chi connectivity index (χ1n) is 7.62. The fraction of sp³-hybridized carbons (Fsp3) is 0.111. The van der Waals surface area contributed by atoms with Gasteiger partial charge in [-0.3, -0.25) is 4.79 Å². The van der Waals surface area contributed by atoms with E-state index in [9.17, 15) is 4.79 Å². The fourth-order valence-corrected chi connectivity index (χ4v) is 2.56. The number of halogens is 1. The summed E-state index contributed by atoms with van der Waals surface area (Å²) in [5.41, 5.74) is 3.39. The highest BCUT2D eigenvalue weighted by Gasteiger charge is 2.05. The summed E-state index contributed by atoms with van der Waals surface area (Å²) in [6, 6.07) is 13.1. The topological polar surface area (TPSA) is 79.8 Å². The van der Waals surface area contributed by atoms with Crippen LogP contribution in [0.15, 0.2) is 53.1 Å². The van der Waals surface area contributed by atoms with Crippen LogP contribution in [0, 0.1) is 6.92 Å². The van der Waals surface area contributed by atoms with Crippen LogP contribution in [0.4, 0.5) is 23.1 Å². The molecule has 0 atom stereocenters. The Bertz CT molecular complexity index is 929. The molecule has 1 heterocycles. The molecule has 3 aromatic rings. The number of hydrogen-bond donors (Lipinski definition) is 2. The Balaban J connectivity index is 1.78. The zero-order chi connectivity index (χ0) is 17.8. The SMILES string of the molecule is CC(=O)c1cccc(Nc2nncc(Nc3ccc(C)c(Br)c3)n2)c1. The van der Waals surface area contributed by atoms with E-state index in [1.54, 1.807) is 24.4 Å². The molecule has 0 fully saturated rings. The summed E-state index contributed by atoms with van der Waals surface area (Å²) in [6.45, 7) is 3.55. The molecule has 0 aliphatic heterocycles. The molecule has 3 rings (SSSR count). The van der Waals surface area contributed by atoms with Crippen LogP contribution in [-0.4, -0.2) is 21.0 Å². The predicted molar refractivity (Wildman–Crippen MR) is 102 cm³/mol. The van der Waals surface area contributed by atoms with E-state index in [0.29, 0.717) is 17.3 Å². The van der Waals surface area contributed by atoms with Gasteiger partial charge in [0.2, 0.25) is 5.95 Å². The van der Waals surface area contributed by atoms with E-state index < -0.39 is 0 Å². The summed E-state index contributed by atoms with van der Waals surface area (Å²) in [7, 11) is 0. The Labute approximate surface area is 153 Å². The number of Topliss-reactive ketones (excluding diaryl/α,β-unsaturated/α-hetero) is 1. The molecule has 126 valence electrons. The van der Waals surface area contributed by atoms with Gasteiger partial charge in [-0.1, -0.05) is 34.1 Å². The lowest BCUT2D eigenvalue weighted by atomic mass is 10.1. The number of ketones is 1. The minimum atomic E-state index is 0.00283. The molecule has 0 bridgehead atoms. The summed E-state index contributed by atoms with van der Waals surface area (Å²) in [4.78, 5) is 15.9. The largest absolute Gasteiger partial charge is 0.339 e. The number of carbonyl (C=O) groups is 1. The van der Waals surface area contributed by atoms with Gasteiger partial charge in [-0.25, -0.2) is 0 Å². The van der Waals surface area contributed by atoms with E-state index in [0.717, 1.165) is 21.4 Å². The molecule has 0 unspecified atom stereocenters. The molecule has 0 saturated heterocycles. The van der Waals surface area contributed by atoms with Crippen LogP contribution in [0.2, 0.25) is 0 Å². The molecular formula is C18H16BrN5O. The molecular weight excluding hydrogens is 382 g/mol. The van der Waals surface area contributed by atoms with Crippen LogP contribution < -0.4 is 10.6 Å². The van der Waals surface area contributed by atoms with Crippen molar-refractivity contribution >= 4 is 44.9 Å². The molecule has 7 heteroatoms. The first kappa shape index (κ1) is 17.0. The Morgan fingerprint density at radius 2 is 1.88 bits per heavy atom. The van der Waals surface area contributed by atoms with Gasteiger partial charge in [0.25, 0.3) is 0 Å². The number of nitrogens with zero attached hydrogens (tertiary/aromatic N) is 3. The van der Waals surface area contributed by atoms with Crippen molar-refractivity contribution in [3.8, 4) is 0 Å². The van der Waals surface area contributed by atoms with Crippen molar-refractivity contribution in [1.82, 2.24) is 15.2 Å². The minimum absolute atomic E-state index is 0.00283. The molecule has 2 N–H and O–H groups in total. The Morgan fingerprint density at radius 3 is 2.64 bits per heavy atom. The van der Waals surface area contributed by atoms with Gasteiger partial charge in [0.15, 0.2) is 11.6 Å². The highest BCUT2D eigenvalue weighted by molar-refractivity contribution is 9.10. The summed E-state index contributed by atoms with van der Waals surface area (Å²) < 4.78 is 1.01. The third-order valence-electron chi connectivity index (χ3n) is 3.53. The Morgan fingerprint density at radius 1 is 1.08 bits per heavy atom. The smallest absolute Gasteiger partial charge is 0.249 e. The van der Waals surface area contributed by atoms with Gasteiger partial charge in [-0.15, -0.1) is 5.10 Å². The number of aromatic nitrogens is 3. The van der Waals surface area contributed by atoms with Crippen molar-refractivity contribution in [2.45, 2.75) is 13.8 Å². The summed E-state index contributed by atoms with van der Waals surface area (Å²) >= 11 is 3.51. The quantitative estimate of drug-likeness (QED) is 0.610.